The Kier molecular flexibility index (Phi) is 5.53. The van der Waals surface area contributed by atoms with Crippen molar-refractivity contribution >= 4 is 36.1 Å². The average molecular weight is 370 g/mol. The maximum absolute atomic E-state index is 12.1. The SMILES string of the molecule is CC(C)(C)OC(=O)N(Br)c1nccnc1C#C[Si](C)(C)C. The van der Waals surface area contributed by atoms with Crippen LogP contribution in [0.4, 0.5) is 10.6 Å². The second-order valence-corrected chi connectivity index (χ2v) is 11.9. The van der Waals surface area contributed by atoms with Gasteiger partial charge in [0.2, 0.25) is 0 Å². The first-order chi connectivity index (χ1) is 9.49. The minimum Gasteiger partial charge on any atom is -0.443 e. The summed E-state index contributed by atoms with van der Waals surface area (Å²) in [5.74, 6) is 3.34. The lowest BCUT2D eigenvalue weighted by molar-refractivity contribution is 0.0613. The van der Waals surface area contributed by atoms with Gasteiger partial charge in [-0.3, -0.25) is 0 Å². The maximum atomic E-state index is 12.1. The number of aromatic nitrogens is 2. The van der Waals surface area contributed by atoms with Crippen LogP contribution in [-0.4, -0.2) is 29.7 Å². The Hall–Kier alpha value is -1.39. The van der Waals surface area contributed by atoms with Crippen molar-refractivity contribution < 1.29 is 9.53 Å². The van der Waals surface area contributed by atoms with Crippen molar-refractivity contribution in [1.82, 2.24) is 9.97 Å². The van der Waals surface area contributed by atoms with Crippen molar-refractivity contribution in [2.75, 3.05) is 3.93 Å². The van der Waals surface area contributed by atoms with Gasteiger partial charge in [0.15, 0.2) is 11.5 Å². The fourth-order valence-corrected chi connectivity index (χ4v) is 2.02. The molecule has 0 saturated heterocycles. The van der Waals surface area contributed by atoms with Crippen LogP contribution in [0.5, 0.6) is 0 Å². The average Bonchev–Trinajstić information content (AvgIpc) is 2.33. The molecule has 114 valence electrons. The Morgan fingerprint density at radius 2 is 1.86 bits per heavy atom. The van der Waals surface area contributed by atoms with Gasteiger partial charge in [-0.25, -0.2) is 14.8 Å². The van der Waals surface area contributed by atoms with Gasteiger partial charge in [-0.15, -0.1) is 5.54 Å². The number of carbonyl (C=O) groups is 1. The second-order valence-electron chi connectivity index (χ2n) is 6.49. The number of halogens is 1. The van der Waals surface area contributed by atoms with E-state index in [0.717, 1.165) is 3.93 Å². The van der Waals surface area contributed by atoms with E-state index in [1.54, 1.807) is 27.0 Å². The molecule has 0 fully saturated rings. The normalized spacial score (nSPS) is 11.4. The van der Waals surface area contributed by atoms with Crippen LogP contribution in [0.25, 0.3) is 0 Å². The number of ether oxygens (including phenoxy) is 1. The standard InChI is InChI=1S/C14H20BrN3O2Si/c1-14(2,3)20-13(19)18(15)12-11(16-8-9-17-12)7-10-21(4,5)6/h8-9H,1-6H3. The lowest BCUT2D eigenvalue weighted by atomic mass is 10.2. The van der Waals surface area contributed by atoms with Gasteiger partial charge in [0.05, 0.1) is 16.1 Å². The summed E-state index contributed by atoms with van der Waals surface area (Å²) in [7, 11) is -1.54. The van der Waals surface area contributed by atoms with Crippen molar-refractivity contribution in [3.8, 4) is 11.5 Å². The molecular weight excluding hydrogens is 350 g/mol. The fraction of sp³-hybridized carbons (Fsp3) is 0.500. The third kappa shape index (κ3) is 6.27. The number of rotatable bonds is 1. The van der Waals surface area contributed by atoms with E-state index in [0.29, 0.717) is 11.5 Å². The summed E-state index contributed by atoms with van der Waals surface area (Å²) in [6.45, 7) is 11.8. The van der Waals surface area contributed by atoms with E-state index in [1.165, 1.54) is 6.20 Å². The molecular formula is C14H20BrN3O2Si. The first-order valence-corrected chi connectivity index (χ1v) is 10.7. The Morgan fingerprint density at radius 3 is 2.38 bits per heavy atom. The third-order valence-electron chi connectivity index (χ3n) is 1.97. The third-order valence-corrected chi connectivity index (χ3v) is 3.48. The first-order valence-electron chi connectivity index (χ1n) is 6.53. The van der Waals surface area contributed by atoms with Crippen molar-refractivity contribution in [2.45, 2.75) is 46.0 Å². The van der Waals surface area contributed by atoms with Crippen molar-refractivity contribution in [1.29, 1.82) is 0 Å². The Labute approximate surface area is 135 Å². The first kappa shape index (κ1) is 17.7. The van der Waals surface area contributed by atoms with Gasteiger partial charge in [-0.1, -0.05) is 25.6 Å². The van der Waals surface area contributed by atoms with E-state index in [2.05, 4.69) is 57.2 Å². The predicted octanol–water partition coefficient (Wildman–Crippen LogP) is 3.76. The molecule has 0 radical (unpaired) electrons. The molecule has 21 heavy (non-hydrogen) atoms. The molecule has 0 aliphatic heterocycles. The van der Waals surface area contributed by atoms with E-state index >= 15 is 0 Å². The molecule has 0 spiro atoms. The van der Waals surface area contributed by atoms with Gasteiger partial charge in [-0.2, -0.15) is 3.93 Å². The zero-order valence-corrected chi connectivity index (χ0v) is 15.8. The van der Waals surface area contributed by atoms with Crippen LogP contribution in [0.2, 0.25) is 19.6 Å². The monoisotopic (exact) mass is 369 g/mol. The van der Waals surface area contributed by atoms with Gasteiger partial charge in [0, 0.05) is 12.4 Å². The van der Waals surface area contributed by atoms with Gasteiger partial charge < -0.3 is 4.74 Å². The van der Waals surface area contributed by atoms with Crippen LogP contribution in [-0.2, 0) is 4.74 Å². The summed E-state index contributed by atoms with van der Waals surface area (Å²) in [4.78, 5) is 20.4. The number of nitrogens with zero attached hydrogens (tertiary/aromatic N) is 3. The number of carbonyl (C=O) groups excluding carboxylic acids is 1. The number of hydrogen-bond donors (Lipinski definition) is 0. The van der Waals surface area contributed by atoms with Crippen LogP contribution in [0, 0.1) is 11.5 Å². The molecule has 0 saturated carbocycles. The molecule has 0 unspecified atom stereocenters. The lowest BCUT2D eigenvalue weighted by Crippen LogP contribution is -2.31. The molecule has 0 aliphatic carbocycles. The highest BCUT2D eigenvalue weighted by molar-refractivity contribution is 9.10. The molecule has 0 atom stereocenters. The van der Waals surface area contributed by atoms with Crippen molar-refractivity contribution in [2.24, 2.45) is 0 Å². The molecule has 1 amide bonds. The second kappa shape index (κ2) is 6.58. The fourth-order valence-electron chi connectivity index (χ4n) is 1.20. The molecule has 0 aliphatic rings. The maximum Gasteiger partial charge on any atom is 0.426 e. The lowest BCUT2D eigenvalue weighted by Gasteiger charge is -2.22. The van der Waals surface area contributed by atoms with Crippen LogP contribution in [0.15, 0.2) is 12.4 Å². The quantitative estimate of drug-likeness (QED) is 0.429. The summed E-state index contributed by atoms with van der Waals surface area (Å²) in [6, 6.07) is 0. The molecule has 1 aromatic heterocycles. The van der Waals surface area contributed by atoms with E-state index in [4.69, 9.17) is 4.74 Å². The Morgan fingerprint density at radius 1 is 1.29 bits per heavy atom. The molecule has 1 rings (SSSR count). The Bertz CT molecular complexity index is 582. The number of anilines is 1. The van der Waals surface area contributed by atoms with Crippen LogP contribution in [0.3, 0.4) is 0 Å². The zero-order chi connectivity index (χ0) is 16.3. The number of amides is 1. The summed E-state index contributed by atoms with van der Waals surface area (Å²) in [6.07, 6.45) is 2.50. The van der Waals surface area contributed by atoms with E-state index in [9.17, 15) is 4.79 Å². The molecule has 7 heteroatoms. The molecule has 5 nitrogen and oxygen atoms in total. The largest absolute Gasteiger partial charge is 0.443 e. The minimum absolute atomic E-state index is 0.331. The summed E-state index contributed by atoms with van der Waals surface area (Å²) in [5, 5.41) is 0. The summed E-state index contributed by atoms with van der Waals surface area (Å²) < 4.78 is 6.44. The van der Waals surface area contributed by atoms with Crippen molar-refractivity contribution in [3.63, 3.8) is 0 Å². The van der Waals surface area contributed by atoms with E-state index in [-0.39, 0.29) is 0 Å². The van der Waals surface area contributed by atoms with Gasteiger partial charge in [0.25, 0.3) is 0 Å². The smallest absolute Gasteiger partial charge is 0.426 e. The van der Waals surface area contributed by atoms with Gasteiger partial charge in [-0.05, 0) is 20.8 Å². The van der Waals surface area contributed by atoms with Crippen molar-refractivity contribution in [3.05, 3.63) is 18.1 Å². The van der Waals surface area contributed by atoms with Crippen LogP contribution >= 0.6 is 16.1 Å². The molecule has 0 aromatic carbocycles. The van der Waals surface area contributed by atoms with Crippen LogP contribution < -0.4 is 3.93 Å². The molecule has 0 bridgehead atoms. The topological polar surface area (TPSA) is 55.3 Å². The van der Waals surface area contributed by atoms with E-state index < -0.39 is 19.8 Å². The highest BCUT2D eigenvalue weighted by Gasteiger charge is 2.24. The summed E-state index contributed by atoms with van der Waals surface area (Å²) in [5.41, 5.74) is 3.07. The van der Waals surface area contributed by atoms with E-state index in [1.807, 2.05) is 0 Å². The molecule has 0 N–H and O–H groups in total. The highest BCUT2D eigenvalue weighted by atomic mass is 79.9. The van der Waals surface area contributed by atoms with Gasteiger partial charge >= 0.3 is 6.09 Å². The molecule has 1 aromatic rings. The van der Waals surface area contributed by atoms with Gasteiger partial charge in [0.1, 0.15) is 13.7 Å². The Balaban J connectivity index is 3.08. The van der Waals surface area contributed by atoms with Crippen LogP contribution in [0.1, 0.15) is 26.5 Å². The highest BCUT2D eigenvalue weighted by Crippen LogP contribution is 2.21. The predicted molar refractivity (Wildman–Crippen MR) is 89.9 cm³/mol. The molecule has 1 heterocycles. The zero-order valence-electron chi connectivity index (χ0n) is 13.2. The minimum atomic E-state index is -1.54. The summed E-state index contributed by atoms with van der Waals surface area (Å²) >= 11 is 3.18. The number of hydrogen-bond acceptors (Lipinski definition) is 4.